The van der Waals surface area contributed by atoms with Gasteiger partial charge in [0.2, 0.25) is 5.91 Å². The number of halogens is 1. The second-order valence-electron chi connectivity index (χ2n) is 4.93. The van der Waals surface area contributed by atoms with Gasteiger partial charge in [-0.2, -0.15) is 0 Å². The third kappa shape index (κ3) is 4.58. The molecule has 2 aromatic carbocycles. The molecule has 2 aromatic rings. The fourth-order valence-corrected chi connectivity index (χ4v) is 2.33. The van der Waals surface area contributed by atoms with Crippen LogP contribution in [0.3, 0.4) is 0 Å². The van der Waals surface area contributed by atoms with E-state index in [4.69, 9.17) is 4.74 Å². The lowest BCUT2D eigenvalue weighted by atomic mass is 10.2. The van der Waals surface area contributed by atoms with Crippen molar-refractivity contribution in [1.82, 2.24) is 5.32 Å². The summed E-state index contributed by atoms with van der Waals surface area (Å²) in [5.41, 5.74) is 2.90. The van der Waals surface area contributed by atoms with Crippen LogP contribution >= 0.6 is 15.9 Å². The van der Waals surface area contributed by atoms with Gasteiger partial charge in [-0.15, -0.1) is 0 Å². The Morgan fingerprint density at radius 2 is 2.00 bits per heavy atom. The summed E-state index contributed by atoms with van der Waals surface area (Å²) in [5, 5.41) is 5.99. The van der Waals surface area contributed by atoms with Crippen molar-refractivity contribution in [2.45, 2.75) is 13.5 Å². The van der Waals surface area contributed by atoms with Gasteiger partial charge in [-0.25, -0.2) is 0 Å². The molecule has 0 spiro atoms. The Morgan fingerprint density at radius 1 is 1.23 bits per heavy atom. The lowest BCUT2D eigenvalue weighted by molar-refractivity contribution is -0.115. The first-order valence-corrected chi connectivity index (χ1v) is 7.78. The standard InChI is InChI=1S/C17H19BrN2O2/c1-12-9-14(7-8-15(12)18)20-17(21)11-19-10-13-5-3-4-6-16(13)22-2/h3-9,19H,10-11H2,1-2H3,(H,20,21). The first-order chi connectivity index (χ1) is 10.6. The number of methoxy groups -OCH3 is 1. The van der Waals surface area contributed by atoms with Crippen molar-refractivity contribution in [3.05, 3.63) is 58.1 Å². The van der Waals surface area contributed by atoms with Crippen molar-refractivity contribution in [2.24, 2.45) is 0 Å². The number of rotatable bonds is 6. The first kappa shape index (κ1) is 16.5. The summed E-state index contributed by atoms with van der Waals surface area (Å²) >= 11 is 3.44. The minimum atomic E-state index is -0.0726. The van der Waals surface area contributed by atoms with Crippen molar-refractivity contribution in [3.63, 3.8) is 0 Å². The summed E-state index contributed by atoms with van der Waals surface area (Å²) in [4.78, 5) is 11.9. The Morgan fingerprint density at radius 3 is 2.73 bits per heavy atom. The Hall–Kier alpha value is -1.85. The maximum atomic E-state index is 11.9. The molecule has 0 radical (unpaired) electrons. The number of carbonyl (C=O) groups excluding carboxylic acids is 1. The third-order valence-corrected chi connectivity index (χ3v) is 4.12. The minimum Gasteiger partial charge on any atom is -0.496 e. The van der Waals surface area contributed by atoms with E-state index in [0.717, 1.165) is 27.0 Å². The topological polar surface area (TPSA) is 50.4 Å². The van der Waals surface area contributed by atoms with Crippen LogP contribution in [0, 0.1) is 6.92 Å². The van der Waals surface area contributed by atoms with Crippen molar-refractivity contribution in [1.29, 1.82) is 0 Å². The molecule has 0 atom stereocenters. The van der Waals surface area contributed by atoms with Gasteiger partial charge in [0.15, 0.2) is 0 Å². The highest BCUT2D eigenvalue weighted by atomic mass is 79.9. The molecule has 0 aromatic heterocycles. The molecule has 2 N–H and O–H groups in total. The number of amides is 1. The number of nitrogens with one attached hydrogen (secondary N) is 2. The molecule has 0 unspecified atom stereocenters. The van der Waals surface area contributed by atoms with Crippen LogP contribution in [-0.4, -0.2) is 19.6 Å². The molecule has 5 heteroatoms. The molecule has 0 saturated heterocycles. The van der Waals surface area contributed by atoms with Crippen molar-refractivity contribution in [3.8, 4) is 5.75 Å². The van der Waals surface area contributed by atoms with E-state index in [1.165, 1.54) is 0 Å². The Kier molecular flexibility index (Phi) is 5.98. The van der Waals surface area contributed by atoms with E-state index in [0.29, 0.717) is 6.54 Å². The molecule has 0 saturated carbocycles. The summed E-state index contributed by atoms with van der Waals surface area (Å²) in [7, 11) is 1.64. The molecule has 1 amide bonds. The highest BCUT2D eigenvalue weighted by Crippen LogP contribution is 2.20. The Labute approximate surface area is 139 Å². The molecule has 22 heavy (non-hydrogen) atoms. The zero-order valence-electron chi connectivity index (χ0n) is 12.7. The smallest absolute Gasteiger partial charge is 0.238 e. The number of benzene rings is 2. The van der Waals surface area contributed by atoms with Crippen molar-refractivity contribution < 1.29 is 9.53 Å². The summed E-state index contributed by atoms with van der Waals surface area (Å²) in [5.74, 6) is 0.746. The average Bonchev–Trinajstić information content (AvgIpc) is 2.51. The summed E-state index contributed by atoms with van der Waals surface area (Å²) in [6.07, 6.45) is 0. The van der Waals surface area contributed by atoms with E-state index in [9.17, 15) is 4.79 Å². The van der Waals surface area contributed by atoms with E-state index < -0.39 is 0 Å². The minimum absolute atomic E-state index is 0.0726. The molecule has 0 aliphatic carbocycles. The van der Waals surface area contributed by atoms with Gasteiger partial charge in [0, 0.05) is 22.3 Å². The number of hydrogen-bond donors (Lipinski definition) is 2. The van der Waals surface area contributed by atoms with Crippen LogP contribution in [0.1, 0.15) is 11.1 Å². The van der Waals surface area contributed by atoms with Gasteiger partial charge in [0.25, 0.3) is 0 Å². The summed E-state index contributed by atoms with van der Waals surface area (Å²) in [6.45, 7) is 2.81. The van der Waals surface area contributed by atoms with E-state index in [1.807, 2.05) is 49.4 Å². The van der Waals surface area contributed by atoms with Crippen LogP contribution in [0.25, 0.3) is 0 Å². The van der Waals surface area contributed by atoms with Crippen LogP contribution < -0.4 is 15.4 Å². The van der Waals surface area contributed by atoms with Gasteiger partial charge < -0.3 is 15.4 Å². The molecule has 0 fully saturated rings. The predicted molar refractivity (Wildman–Crippen MR) is 92.2 cm³/mol. The molecule has 2 rings (SSSR count). The zero-order valence-corrected chi connectivity index (χ0v) is 14.2. The van der Waals surface area contributed by atoms with E-state index in [-0.39, 0.29) is 12.5 Å². The molecular formula is C17H19BrN2O2. The molecular weight excluding hydrogens is 344 g/mol. The quantitative estimate of drug-likeness (QED) is 0.826. The Bertz CT molecular complexity index is 659. The average molecular weight is 363 g/mol. The second kappa shape index (κ2) is 7.96. The highest BCUT2D eigenvalue weighted by molar-refractivity contribution is 9.10. The van der Waals surface area contributed by atoms with Crippen LogP contribution in [0.2, 0.25) is 0 Å². The van der Waals surface area contributed by atoms with Crippen LogP contribution in [0.15, 0.2) is 46.9 Å². The molecule has 4 nitrogen and oxygen atoms in total. The van der Waals surface area contributed by atoms with Crippen molar-refractivity contribution in [2.75, 3.05) is 19.0 Å². The largest absolute Gasteiger partial charge is 0.496 e. The van der Waals surface area contributed by atoms with E-state index in [1.54, 1.807) is 7.11 Å². The number of anilines is 1. The lowest BCUT2D eigenvalue weighted by Crippen LogP contribution is -2.27. The lowest BCUT2D eigenvalue weighted by Gasteiger charge is -2.10. The zero-order chi connectivity index (χ0) is 15.9. The monoisotopic (exact) mass is 362 g/mol. The summed E-state index contributed by atoms with van der Waals surface area (Å²) < 4.78 is 6.31. The SMILES string of the molecule is COc1ccccc1CNCC(=O)Nc1ccc(Br)c(C)c1. The van der Waals surface area contributed by atoms with Crippen LogP contribution in [-0.2, 0) is 11.3 Å². The van der Waals surface area contributed by atoms with E-state index >= 15 is 0 Å². The van der Waals surface area contributed by atoms with Gasteiger partial charge in [-0.3, -0.25) is 4.79 Å². The second-order valence-corrected chi connectivity index (χ2v) is 5.78. The molecule has 0 aliphatic heterocycles. The first-order valence-electron chi connectivity index (χ1n) is 6.99. The van der Waals surface area contributed by atoms with Gasteiger partial charge in [0.1, 0.15) is 5.75 Å². The number of ether oxygens (including phenoxy) is 1. The Balaban J connectivity index is 1.84. The maximum Gasteiger partial charge on any atom is 0.238 e. The molecule has 0 bridgehead atoms. The predicted octanol–water partition coefficient (Wildman–Crippen LogP) is 3.49. The highest BCUT2D eigenvalue weighted by Gasteiger charge is 2.05. The van der Waals surface area contributed by atoms with Crippen LogP contribution in [0.5, 0.6) is 5.75 Å². The molecule has 0 heterocycles. The van der Waals surface area contributed by atoms with Crippen molar-refractivity contribution >= 4 is 27.5 Å². The van der Waals surface area contributed by atoms with Gasteiger partial charge in [0.05, 0.1) is 13.7 Å². The normalized spacial score (nSPS) is 10.3. The van der Waals surface area contributed by atoms with Gasteiger partial charge >= 0.3 is 0 Å². The molecule has 116 valence electrons. The fraction of sp³-hybridized carbons (Fsp3) is 0.235. The number of aryl methyl sites for hydroxylation is 1. The third-order valence-electron chi connectivity index (χ3n) is 3.24. The number of para-hydroxylation sites is 1. The van der Waals surface area contributed by atoms with Gasteiger partial charge in [-0.05, 0) is 36.8 Å². The number of hydrogen-bond acceptors (Lipinski definition) is 3. The van der Waals surface area contributed by atoms with Gasteiger partial charge in [-0.1, -0.05) is 34.1 Å². The molecule has 0 aliphatic rings. The van der Waals surface area contributed by atoms with Crippen LogP contribution in [0.4, 0.5) is 5.69 Å². The maximum absolute atomic E-state index is 11.9. The van der Waals surface area contributed by atoms with E-state index in [2.05, 4.69) is 26.6 Å². The fourth-order valence-electron chi connectivity index (χ4n) is 2.09. The summed E-state index contributed by atoms with van der Waals surface area (Å²) in [6, 6.07) is 13.5. The number of carbonyl (C=O) groups is 1.